The first kappa shape index (κ1) is 18.0. The van der Waals surface area contributed by atoms with Crippen molar-refractivity contribution < 1.29 is 14.7 Å². The molecule has 2 aromatic rings. The molecule has 0 bridgehead atoms. The second kappa shape index (κ2) is 7.48. The molecule has 0 radical (unpaired) electrons. The summed E-state index contributed by atoms with van der Waals surface area (Å²) in [4.78, 5) is 39.0. The number of carboxylic acid groups (broad SMARTS) is 1. The summed E-state index contributed by atoms with van der Waals surface area (Å²) in [7, 11) is 0. The molecule has 3 N–H and O–H groups in total. The summed E-state index contributed by atoms with van der Waals surface area (Å²) >= 11 is 0. The lowest BCUT2D eigenvalue weighted by Gasteiger charge is -2.25. The van der Waals surface area contributed by atoms with Crippen molar-refractivity contribution in [2.45, 2.75) is 32.1 Å². The number of hydrogen-bond acceptors (Lipinski definition) is 4. The van der Waals surface area contributed by atoms with Crippen molar-refractivity contribution in [3.63, 3.8) is 0 Å². The van der Waals surface area contributed by atoms with E-state index in [2.05, 4.69) is 15.4 Å². The standard InChI is InChI=1S/C15H18N4O4.ClH/c20-11-6-10(5-4-9-2-1-3-9)19-14(17-8-18-19)13(11)15(23)16-7-12(21)22;/h6,8-9H,1-5,7H2,(H,16,23)(H,17,18)(H,21,22);1H. The van der Waals surface area contributed by atoms with Crippen LogP contribution in [0.25, 0.3) is 5.65 Å². The summed E-state index contributed by atoms with van der Waals surface area (Å²) in [5.74, 6) is -1.19. The Morgan fingerprint density at radius 3 is 2.79 bits per heavy atom. The molecule has 0 saturated heterocycles. The highest BCUT2D eigenvalue weighted by Gasteiger charge is 2.21. The van der Waals surface area contributed by atoms with Crippen LogP contribution in [0.15, 0.2) is 17.2 Å². The number of carbonyl (C=O) groups excluding carboxylic acids is 1. The van der Waals surface area contributed by atoms with Gasteiger partial charge in [0.1, 0.15) is 18.4 Å². The lowest BCUT2D eigenvalue weighted by molar-refractivity contribution is -0.135. The van der Waals surface area contributed by atoms with Gasteiger partial charge in [0.25, 0.3) is 5.91 Å². The second-order valence-corrected chi connectivity index (χ2v) is 5.83. The zero-order valence-corrected chi connectivity index (χ0v) is 13.8. The number of pyridine rings is 1. The van der Waals surface area contributed by atoms with E-state index < -0.39 is 23.9 Å². The lowest BCUT2D eigenvalue weighted by Crippen LogP contribution is -2.33. The van der Waals surface area contributed by atoms with E-state index in [0.717, 1.165) is 18.5 Å². The van der Waals surface area contributed by atoms with Crippen LogP contribution in [-0.2, 0) is 11.2 Å². The third-order valence-corrected chi connectivity index (χ3v) is 4.30. The number of aliphatic carboxylic acids is 1. The Bertz CT molecular complexity index is 809. The number of nitrogens with one attached hydrogen (secondary N) is 2. The summed E-state index contributed by atoms with van der Waals surface area (Å²) in [5, 5.41) is 13.7. The molecule has 0 atom stereocenters. The number of rotatable bonds is 6. The molecule has 0 aliphatic heterocycles. The molecule has 1 aliphatic rings. The molecule has 1 saturated carbocycles. The highest BCUT2D eigenvalue weighted by atomic mass is 35.5. The molecule has 8 nitrogen and oxygen atoms in total. The number of halogens is 1. The number of hydrogen-bond donors (Lipinski definition) is 3. The van der Waals surface area contributed by atoms with Crippen LogP contribution in [0.2, 0.25) is 0 Å². The maximum Gasteiger partial charge on any atom is 0.322 e. The first-order valence-electron chi connectivity index (χ1n) is 7.64. The number of carboxylic acids is 1. The smallest absolute Gasteiger partial charge is 0.322 e. The van der Waals surface area contributed by atoms with Crippen molar-refractivity contribution in [1.29, 1.82) is 0 Å². The average molecular weight is 355 g/mol. The van der Waals surface area contributed by atoms with Crippen LogP contribution in [0.5, 0.6) is 0 Å². The number of amides is 1. The largest absolute Gasteiger partial charge is 0.480 e. The zero-order valence-electron chi connectivity index (χ0n) is 12.9. The molecular formula is C15H19ClN4O4. The van der Waals surface area contributed by atoms with Crippen LogP contribution < -0.4 is 10.7 Å². The zero-order chi connectivity index (χ0) is 16.4. The van der Waals surface area contributed by atoms with E-state index in [9.17, 15) is 14.4 Å². The van der Waals surface area contributed by atoms with Gasteiger partial charge in [-0.15, -0.1) is 12.4 Å². The van der Waals surface area contributed by atoms with E-state index in [1.165, 1.54) is 31.7 Å². The SMILES string of the molecule is Cl.O=C(O)CNC(=O)c1c(=O)cc(CCC2CCC2)n2[nH]cnc12. The van der Waals surface area contributed by atoms with Gasteiger partial charge >= 0.3 is 5.97 Å². The maximum absolute atomic E-state index is 12.3. The topological polar surface area (TPSA) is 117 Å². The summed E-state index contributed by atoms with van der Waals surface area (Å²) in [6, 6.07) is 1.43. The monoisotopic (exact) mass is 354 g/mol. The van der Waals surface area contributed by atoms with Crippen molar-refractivity contribution in [3.8, 4) is 0 Å². The van der Waals surface area contributed by atoms with Crippen molar-refractivity contribution in [3.05, 3.63) is 33.9 Å². The minimum atomic E-state index is -1.17. The Morgan fingerprint density at radius 2 is 2.17 bits per heavy atom. The van der Waals surface area contributed by atoms with Gasteiger partial charge < -0.3 is 10.4 Å². The minimum absolute atomic E-state index is 0. The molecule has 9 heteroatoms. The van der Waals surface area contributed by atoms with E-state index >= 15 is 0 Å². The van der Waals surface area contributed by atoms with Gasteiger partial charge in [-0.1, -0.05) is 19.3 Å². The Hall–Kier alpha value is -2.35. The average Bonchev–Trinajstić information content (AvgIpc) is 2.92. The van der Waals surface area contributed by atoms with Crippen molar-refractivity contribution >= 4 is 29.9 Å². The van der Waals surface area contributed by atoms with Crippen molar-refractivity contribution in [2.24, 2.45) is 5.92 Å². The molecule has 130 valence electrons. The van der Waals surface area contributed by atoms with Crippen molar-refractivity contribution in [2.75, 3.05) is 6.54 Å². The Morgan fingerprint density at radius 1 is 1.42 bits per heavy atom. The molecule has 1 aliphatic carbocycles. The quantitative estimate of drug-likeness (QED) is 0.715. The molecule has 24 heavy (non-hydrogen) atoms. The third-order valence-electron chi connectivity index (χ3n) is 4.30. The maximum atomic E-state index is 12.3. The van der Waals surface area contributed by atoms with Gasteiger partial charge in [-0.05, 0) is 18.8 Å². The number of aromatic amines is 1. The molecule has 1 fully saturated rings. The van der Waals surface area contributed by atoms with E-state index in [4.69, 9.17) is 5.11 Å². The third kappa shape index (κ3) is 3.59. The first-order chi connectivity index (χ1) is 11.1. The van der Waals surface area contributed by atoms with Crippen LogP contribution in [0.3, 0.4) is 0 Å². The van der Waals surface area contributed by atoms with Gasteiger partial charge in [-0.3, -0.25) is 19.5 Å². The number of H-pyrrole nitrogens is 1. The minimum Gasteiger partial charge on any atom is -0.480 e. The normalized spacial score (nSPS) is 14.0. The van der Waals surface area contributed by atoms with Crippen molar-refractivity contribution in [1.82, 2.24) is 19.9 Å². The van der Waals surface area contributed by atoms with Crippen LogP contribution >= 0.6 is 12.4 Å². The fraction of sp³-hybridized carbons (Fsp3) is 0.467. The van der Waals surface area contributed by atoms with E-state index in [-0.39, 0.29) is 23.6 Å². The van der Waals surface area contributed by atoms with Gasteiger partial charge in [0.2, 0.25) is 0 Å². The number of nitrogens with zero attached hydrogens (tertiary/aromatic N) is 2. The van der Waals surface area contributed by atoms with Gasteiger partial charge in [-0.2, -0.15) is 0 Å². The van der Waals surface area contributed by atoms with E-state index in [1.807, 2.05) is 0 Å². The molecule has 1 amide bonds. The first-order valence-corrected chi connectivity index (χ1v) is 7.64. The Kier molecular flexibility index (Phi) is 5.61. The lowest BCUT2D eigenvalue weighted by atomic mass is 9.82. The molecular weight excluding hydrogens is 336 g/mol. The summed E-state index contributed by atoms with van der Waals surface area (Å²) in [6.07, 6.45) is 6.89. The fourth-order valence-electron chi connectivity index (χ4n) is 2.84. The van der Waals surface area contributed by atoms with Gasteiger partial charge in [-0.25, -0.2) is 9.50 Å². The number of aromatic nitrogens is 3. The van der Waals surface area contributed by atoms with Crippen LogP contribution in [0.4, 0.5) is 0 Å². The predicted molar refractivity (Wildman–Crippen MR) is 88.7 cm³/mol. The van der Waals surface area contributed by atoms with Crippen LogP contribution in [0, 0.1) is 5.92 Å². The molecule has 2 heterocycles. The number of fused-ring (bicyclic) bond motifs is 1. The van der Waals surface area contributed by atoms with Gasteiger partial charge in [0.05, 0.1) is 0 Å². The predicted octanol–water partition coefficient (Wildman–Crippen LogP) is 0.991. The summed E-state index contributed by atoms with van der Waals surface area (Å²) in [6.45, 7) is -0.543. The second-order valence-electron chi connectivity index (χ2n) is 5.83. The Balaban J connectivity index is 0.00000208. The highest BCUT2D eigenvalue weighted by molar-refractivity contribution is 6.00. The number of aryl methyl sites for hydroxylation is 1. The molecule has 3 rings (SSSR count). The number of carbonyl (C=O) groups is 2. The fourth-order valence-corrected chi connectivity index (χ4v) is 2.84. The van der Waals surface area contributed by atoms with Crippen LogP contribution in [-0.4, -0.2) is 38.1 Å². The highest BCUT2D eigenvalue weighted by Crippen LogP contribution is 2.30. The van der Waals surface area contributed by atoms with Gasteiger partial charge in [0, 0.05) is 11.8 Å². The van der Waals surface area contributed by atoms with E-state index in [1.54, 1.807) is 4.52 Å². The summed E-state index contributed by atoms with van der Waals surface area (Å²) in [5.41, 5.74) is 0.427. The van der Waals surface area contributed by atoms with Gasteiger partial charge in [0.15, 0.2) is 11.1 Å². The molecule has 0 spiro atoms. The molecule has 0 unspecified atom stereocenters. The Labute approximate surface area is 143 Å². The van der Waals surface area contributed by atoms with E-state index in [0.29, 0.717) is 5.92 Å². The summed E-state index contributed by atoms with van der Waals surface area (Å²) < 4.78 is 1.62. The van der Waals surface area contributed by atoms with Crippen LogP contribution in [0.1, 0.15) is 41.7 Å². The molecule has 2 aromatic heterocycles. The molecule has 0 aromatic carbocycles.